The number of aromatic nitrogens is 2. The van der Waals surface area contributed by atoms with Crippen LogP contribution in [0.25, 0.3) is 6.08 Å². The first kappa shape index (κ1) is 19.9. The molecular weight excluding hydrogens is 362 g/mol. The minimum absolute atomic E-state index is 0.282. The molecule has 0 aliphatic carbocycles. The molecule has 154 valence electrons. The van der Waals surface area contributed by atoms with Crippen molar-refractivity contribution in [3.63, 3.8) is 0 Å². The van der Waals surface area contributed by atoms with Gasteiger partial charge in [-0.15, -0.1) is 0 Å². The molecule has 3 heterocycles. The number of β-amino-alcohol motifs (C(OH)–C–C–N with tert-alkyl or cyclic N) is 1. The molecule has 2 aromatic rings. The van der Waals surface area contributed by atoms with Gasteiger partial charge in [-0.1, -0.05) is 42.0 Å². The van der Waals surface area contributed by atoms with Crippen molar-refractivity contribution >= 4 is 17.7 Å². The first-order chi connectivity index (χ1) is 14.1. The Morgan fingerprint density at radius 2 is 1.83 bits per heavy atom. The number of likely N-dealkylation sites (N-methyl/N-ethyl adjacent to an activating group) is 1. The first-order valence-corrected chi connectivity index (χ1v) is 10.5. The number of hydrogen-bond donors (Lipinski definition) is 1. The van der Waals surface area contributed by atoms with Crippen LogP contribution in [0.3, 0.4) is 0 Å². The second-order valence-corrected chi connectivity index (χ2v) is 8.39. The molecule has 0 amide bonds. The molecule has 2 saturated heterocycles. The number of hydrogen-bond acceptors (Lipinski definition) is 6. The maximum atomic E-state index is 10.2. The number of rotatable bonds is 5. The molecule has 2 aliphatic rings. The van der Waals surface area contributed by atoms with Crippen LogP contribution in [0.5, 0.6) is 0 Å². The first-order valence-electron chi connectivity index (χ1n) is 10.5. The third kappa shape index (κ3) is 4.95. The number of aliphatic hydroxyl groups is 1. The lowest BCUT2D eigenvalue weighted by Gasteiger charge is -2.31. The summed E-state index contributed by atoms with van der Waals surface area (Å²) in [5.74, 6) is 1.91. The molecular formula is C23H31N5O. The van der Waals surface area contributed by atoms with Gasteiger partial charge in [0.15, 0.2) is 0 Å². The zero-order chi connectivity index (χ0) is 20.2. The van der Waals surface area contributed by atoms with Crippen LogP contribution >= 0.6 is 0 Å². The molecule has 29 heavy (non-hydrogen) atoms. The van der Waals surface area contributed by atoms with Crippen molar-refractivity contribution in [2.24, 2.45) is 0 Å². The molecule has 1 N–H and O–H groups in total. The Balaban J connectivity index is 1.44. The molecule has 2 fully saturated rings. The maximum Gasteiger partial charge on any atom is 0.134 e. The van der Waals surface area contributed by atoms with Crippen molar-refractivity contribution in [2.45, 2.75) is 31.4 Å². The molecule has 0 saturated carbocycles. The predicted octanol–water partition coefficient (Wildman–Crippen LogP) is 2.66. The highest BCUT2D eigenvalue weighted by atomic mass is 16.3. The van der Waals surface area contributed by atoms with Crippen molar-refractivity contribution in [3.05, 3.63) is 53.9 Å². The van der Waals surface area contributed by atoms with E-state index >= 15 is 0 Å². The Bertz CT molecular complexity index is 828. The van der Waals surface area contributed by atoms with Gasteiger partial charge in [-0.3, -0.25) is 0 Å². The van der Waals surface area contributed by atoms with Crippen molar-refractivity contribution < 1.29 is 5.11 Å². The van der Waals surface area contributed by atoms with Crippen LogP contribution in [0.2, 0.25) is 0 Å². The minimum atomic E-state index is -0.293. The summed E-state index contributed by atoms with van der Waals surface area (Å²) in [6, 6.07) is 12.9. The van der Waals surface area contributed by atoms with Crippen molar-refractivity contribution in [3.8, 4) is 0 Å². The average Bonchev–Trinajstić information content (AvgIpc) is 3.09. The molecule has 0 bridgehead atoms. The van der Waals surface area contributed by atoms with Crippen LogP contribution in [0.15, 0.2) is 48.3 Å². The Kier molecular flexibility index (Phi) is 6.11. The van der Waals surface area contributed by atoms with Gasteiger partial charge in [0.25, 0.3) is 0 Å². The van der Waals surface area contributed by atoms with Gasteiger partial charge in [-0.2, -0.15) is 0 Å². The molecule has 0 spiro atoms. The summed E-state index contributed by atoms with van der Waals surface area (Å²) in [5, 5.41) is 10.2. The molecule has 4 rings (SSSR count). The summed E-state index contributed by atoms with van der Waals surface area (Å²) in [6.07, 6.45) is 6.59. The second-order valence-electron chi connectivity index (χ2n) is 8.39. The largest absolute Gasteiger partial charge is 0.391 e. The average molecular weight is 394 g/mol. The number of benzene rings is 1. The zero-order valence-corrected chi connectivity index (χ0v) is 17.4. The predicted molar refractivity (Wildman–Crippen MR) is 118 cm³/mol. The number of piperidine rings is 1. The summed E-state index contributed by atoms with van der Waals surface area (Å²) in [4.78, 5) is 15.8. The van der Waals surface area contributed by atoms with E-state index in [-0.39, 0.29) is 12.1 Å². The Morgan fingerprint density at radius 1 is 1.10 bits per heavy atom. The summed E-state index contributed by atoms with van der Waals surface area (Å²) in [7, 11) is 4.14. The van der Waals surface area contributed by atoms with E-state index in [1.54, 1.807) is 6.33 Å². The lowest BCUT2D eigenvalue weighted by Crippen LogP contribution is -2.38. The van der Waals surface area contributed by atoms with E-state index in [1.165, 1.54) is 11.1 Å². The van der Waals surface area contributed by atoms with Crippen LogP contribution in [-0.2, 0) is 0 Å². The Hall–Kier alpha value is -2.44. The highest BCUT2D eigenvalue weighted by molar-refractivity contribution is 5.56. The molecule has 0 radical (unpaired) electrons. The van der Waals surface area contributed by atoms with E-state index in [0.29, 0.717) is 6.54 Å². The van der Waals surface area contributed by atoms with Gasteiger partial charge in [0, 0.05) is 38.3 Å². The highest BCUT2D eigenvalue weighted by Crippen LogP contribution is 2.28. The molecule has 6 nitrogen and oxygen atoms in total. The van der Waals surface area contributed by atoms with Crippen LogP contribution in [0.4, 0.5) is 11.6 Å². The van der Waals surface area contributed by atoms with Gasteiger partial charge in [0.1, 0.15) is 18.0 Å². The lowest BCUT2D eigenvalue weighted by atomic mass is 10.0. The molecule has 2 atom stereocenters. The fourth-order valence-corrected chi connectivity index (χ4v) is 4.39. The van der Waals surface area contributed by atoms with Crippen LogP contribution in [0.1, 0.15) is 24.8 Å². The fourth-order valence-electron chi connectivity index (χ4n) is 4.39. The summed E-state index contributed by atoms with van der Waals surface area (Å²) >= 11 is 0. The van der Waals surface area contributed by atoms with E-state index in [0.717, 1.165) is 50.5 Å². The zero-order valence-electron chi connectivity index (χ0n) is 17.4. The number of aliphatic hydroxyl groups excluding tert-OH is 1. The normalized spacial score (nSPS) is 22.4. The summed E-state index contributed by atoms with van der Waals surface area (Å²) in [5.41, 5.74) is 2.77. The third-order valence-corrected chi connectivity index (χ3v) is 5.80. The van der Waals surface area contributed by atoms with E-state index in [9.17, 15) is 5.11 Å². The standard InChI is InChI=1S/C23H31N5O/c1-26(2)15-20-13-21(29)16-28(20)23-14-22(24-17-25-23)27-10-8-19(9-11-27)12-18-6-4-3-5-7-18/h3-7,12,14,17,20-21,29H,8-11,13,15-16H2,1-2H3/t20-,21-/m1/s1. The highest BCUT2D eigenvalue weighted by Gasteiger charge is 2.32. The van der Waals surface area contributed by atoms with Crippen LogP contribution in [-0.4, -0.2) is 72.4 Å². The number of nitrogens with zero attached hydrogens (tertiary/aromatic N) is 5. The van der Waals surface area contributed by atoms with Crippen molar-refractivity contribution in [2.75, 3.05) is 50.1 Å². The quantitative estimate of drug-likeness (QED) is 0.843. The van der Waals surface area contributed by atoms with Gasteiger partial charge in [0.05, 0.1) is 6.10 Å². The van der Waals surface area contributed by atoms with Crippen LogP contribution in [0, 0.1) is 0 Å². The van der Waals surface area contributed by atoms with Gasteiger partial charge in [-0.05, 0) is 38.9 Å². The Morgan fingerprint density at radius 3 is 2.55 bits per heavy atom. The van der Waals surface area contributed by atoms with E-state index in [1.807, 2.05) is 0 Å². The van der Waals surface area contributed by atoms with Gasteiger partial charge >= 0.3 is 0 Å². The smallest absolute Gasteiger partial charge is 0.134 e. The van der Waals surface area contributed by atoms with Gasteiger partial charge in [0.2, 0.25) is 0 Å². The molecule has 0 unspecified atom stereocenters. The second kappa shape index (κ2) is 8.93. The SMILES string of the molecule is CN(C)C[C@H]1C[C@@H](O)CN1c1cc(N2CCC(=Cc3ccccc3)CC2)ncn1. The molecule has 1 aromatic heterocycles. The minimum Gasteiger partial charge on any atom is -0.391 e. The van der Waals surface area contributed by atoms with E-state index in [4.69, 9.17) is 0 Å². The van der Waals surface area contributed by atoms with Gasteiger partial charge in [-0.25, -0.2) is 9.97 Å². The fraction of sp³-hybridized carbons (Fsp3) is 0.478. The Labute approximate surface area is 173 Å². The van der Waals surface area contributed by atoms with E-state index in [2.05, 4.69) is 81.2 Å². The number of anilines is 2. The van der Waals surface area contributed by atoms with Crippen molar-refractivity contribution in [1.82, 2.24) is 14.9 Å². The third-order valence-electron chi connectivity index (χ3n) is 5.80. The maximum absolute atomic E-state index is 10.2. The molecule has 6 heteroatoms. The monoisotopic (exact) mass is 393 g/mol. The van der Waals surface area contributed by atoms with Gasteiger partial charge < -0.3 is 19.8 Å². The van der Waals surface area contributed by atoms with Crippen molar-refractivity contribution in [1.29, 1.82) is 0 Å². The lowest BCUT2D eigenvalue weighted by molar-refractivity contribution is 0.191. The van der Waals surface area contributed by atoms with Crippen LogP contribution < -0.4 is 9.80 Å². The molecule has 2 aliphatic heterocycles. The topological polar surface area (TPSA) is 55.7 Å². The van der Waals surface area contributed by atoms with E-state index < -0.39 is 0 Å². The summed E-state index contributed by atoms with van der Waals surface area (Å²) < 4.78 is 0. The molecule has 1 aromatic carbocycles. The summed E-state index contributed by atoms with van der Waals surface area (Å²) in [6.45, 7) is 3.49.